The molecule has 32 heavy (non-hydrogen) atoms. The summed E-state index contributed by atoms with van der Waals surface area (Å²) < 4.78 is 15.3. The number of halogens is 1. The molecule has 0 fully saturated rings. The van der Waals surface area contributed by atoms with Gasteiger partial charge in [0, 0.05) is 18.8 Å². The molecule has 166 valence electrons. The van der Waals surface area contributed by atoms with E-state index in [1.54, 1.807) is 0 Å². The predicted octanol–water partition coefficient (Wildman–Crippen LogP) is 7.42. The monoisotopic (exact) mass is 427 g/mol. The molecule has 0 N–H and O–H groups in total. The van der Waals surface area contributed by atoms with Gasteiger partial charge in [-0.25, -0.2) is 4.39 Å². The van der Waals surface area contributed by atoms with Gasteiger partial charge >= 0.3 is 0 Å². The van der Waals surface area contributed by atoms with Crippen molar-refractivity contribution in [1.82, 2.24) is 0 Å². The number of hydrogen-bond donors (Lipinski definition) is 0. The highest BCUT2D eigenvalue weighted by Crippen LogP contribution is 2.42. The van der Waals surface area contributed by atoms with E-state index in [-0.39, 0.29) is 5.82 Å². The minimum Gasteiger partial charge on any atom is -0.367 e. The molecule has 0 spiro atoms. The first-order valence-electron chi connectivity index (χ1n) is 12.3. The highest BCUT2D eigenvalue weighted by molar-refractivity contribution is 5.79. The number of nitrogens with zero attached hydrogens (tertiary/aromatic N) is 1. The number of anilines is 1. The molecule has 1 nitrogen and oxygen atoms in total. The van der Waals surface area contributed by atoms with E-state index in [0.29, 0.717) is 0 Å². The van der Waals surface area contributed by atoms with Gasteiger partial charge in [-0.3, -0.25) is 0 Å². The van der Waals surface area contributed by atoms with Crippen molar-refractivity contribution in [2.24, 2.45) is 0 Å². The quantitative estimate of drug-likeness (QED) is 0.420. The molecular weight excluding hydrogens is 393 g/mol. The van der Waals surface area contributed by atoms with E-state index in [9.17, 15) is 0 Å². The van der Waals surface area contributed by atoms with Crippen molar-refractivity contribution in [1.29, 1.82) is 0 Å². The summed E-state index contributed by atoms with van der Waals surface area (Å²) in [5.41, 5.74) is 14.4. The second-order valence-corrected chi connectivity index (χ2v) is 9.62. The molecule has 2 heteroatoms. The first kappa shape index (κ1) is 21.2. The normalized spacial score (nSPS) is 15.5. The molecule has 0 radical (unpaired) electrons. The first-order valence-corrected chi connectivity index (χ1v) is 12.3. The molecule has 0 bridgehead atoms. The van der Waals surface area contributed by atoms with Crippen molar-refractivity contribution in [3.8, 4) is 11.1 Å². The molecule has 0 aromatic heterocycles. The Balaban J connectivity index is 1.70. The van der Waals surface area contributed by atoms with E-state index >= 15 is 4.39 Å². The lowest BCUT2D eigenvalue weighted by Crippen LogP contribution is -2.32. The summed E-state index contributed by atoms with van der Waals surface area (Å²) in [6, 6.07) is 12.6. The van der Waals surface area contributed by atoms with Gasteiger partial charge in [-0.15, -0.1) is 0 Å². The second kappa shape index (κ2) is 8.39. The summed E-state index contributed by atoms with van der Waals surface area (Å²) in [5, 5.41) is 0. The van der Waals surface area contributed by atoms with Gasteiger partial charge in [-0.2, -0.15) is 0 Å². The van der Waals surface area contributed by atoms with Gasteiger partial charge in [0.15, 0.2) is 0 Å². The largest absolute Gasteiger partial charge is 0.367 e. The third-order valence-electron chi connectivity index (χ3n) is 8.01. The molecule has 0 saturated carbocycles. The lowest BCUT2D eigenvalue weighted by Gasteiger charge is -2.35. The lowest BCUT2D eigenvalue weighted by molar-refractivity contribution is 0.577. The Morgan fingerprint density at radius 2 is 1.50 bits per heavy atom. The molecule has 0 unspecified atom stereocenters. The van der Waals surface area contributed by atoms with E-state index in [0.717, 1.165) is 56.3 Å². The molecule has 3 aromatic carbocycles. The van der Waals surface area contributed by atoms with Crippen LogP contribution in [0.3, 0.4) is 0 Å². The molecule has 2 aliphatic rings. The standard InChI is InChI=1S/C30H34FN/c1-5-23-19(2)25-15-16-32(22-11-7-6-8-12-22)18-28(25)21(4)30(23)27-17-29(31)26-14-10-9-13-24(26)20(27)3/h6-8,11-12,17H,5,9-10,13-16,18H2,1-4H3. The Labute approximate surface area is 192 Å². The van der Waals surface area contributed by atoms with Gasteiger partial charge < -0.3 is 4.90 Å². The zero-order chi connectivity index (χ0) is 22.4. The van der Waals surface area contributed by atoms with Crippen molar-refractivity contribution in [3.05, 3.63) is 86.7 Å². The minimum atomic E-state index is 0.00281. The van der Waals surface area contributed by atoms with Gasteiger partial charge in [0.25, 0.3) is 0 Å². The number of para-hydroxylation sites is 1. The molecule has 1 heterocycles. The Kier molecular flexibility index (Phi) is 5.57. The third-order valence-corrected chi connectivity index (χ3v) is 8.01. The number of hydrogen-bond acceptors (Lipinski definition) is 1. The van der Waals surface area contributed by atoms with E-state index in [2.05, 4.69) is 62.9 Å². The second-order valence-electron chi connectivity index (χ2n) is 9.62. The van der Waals surface area contributed by atoms with Crippen molar-refractivity contribution >= 4 is 5.69 Å². The Morgan fingerprint density at radius 1 is 0.812 bits per heavy atom. The molecular formula is C30H34FN. The van der Waals surface area contributed by atoms with Crippen LogP contribution in [0.5, 0.6) is 0 Å². The van der Waals surface area contributed by atoms with Gasteiger partial charge in [-0.05, 0) is 133 Å². The zero-order valence-electron chi connectivity index (χ0n) is 19.9. The molecule has 1 aliphatic heterocycles. The fourth-order valence-corrected chi connectivity index (χ4v) is 6.26. The molecule has 0 amide bonds. The van der Waals surface area contributed by atoms with Crippen LogP contribution in [-0.2, 0) is 32.2 Å². The zero-order valence-corrected chi connectivity index (χ0v) is 19.9. The molecule has 5 rings (SSSR count). The summed E-state index contributed by atoms with van der Waals surface area (Å²) >= 11 is 0. The van der Waals surface area contributed by atoms with Crippen molar-refractivity contribution in [3.63, 3.8) is 0 Å². The van der Waals surface area contributed by atoms with Gasteiger partial charge in [0.1, 0.15) is 5.82 Å². The third kappa shape index (κ3) is 3.36. The fourth-order valence-electron chi connectivity index (χ4n) is 6.26. The molecule has 1 aliphatic carbocycles. The summed E-state index contributed by atoms with van der Waals surface area (Å²) in [6.07, 6.45) is 6.23. The molecule has 3 aromatic rings. The van der Waals surface area contributed by atoms with Crippen molar-refractivity contribution < 1.29 is 4.39 Å². The van der Waals surface area contributed by atoms with E-state index in [4.69, 9.17) is 0 Å². The maximum Gasteiger partial charge on any atom is 0.127 e. The van der Waals surface area contributed by atoms with Gasteiger partial charge in [0.2, 0.25) is 0 Å². The molecule has 0 saturated heterocycles. The van der Waals surface area contributed by atoms with Crippen LogP contribution in [-0.4, -0.2) is 6.54 Å². The summed E-state index contributed by atoms with van der Waals surface area (Å²) in [4.78, 5) is 2.49. The van der Waals surface area contributed by atoms with Crippen LogP contribution in [0, 0.1) is 26.6 Å². The van der Waals surface area contributed by atoms with Crippen molar-refractivity contribution in [2.75, 3.05) is 11.4 Å². The maximum absolute atomic E-state index is 15.3. The maximum atomic E-state index is 15.3. The van der Waals surface area contributed by atoms with E-state index < -0.39 is 0 Å². The van der Waals surface area contributed by atoms with E-state index in [1.807, 2.05) is 6.07 Å². The fraction of sp³-hybridized carbons (Fsp3) is 0.400. The Hall–Kier alpha value is -2.61. The average Bonchev–Trinajstić information content (AvgIpc) is 2.84. The summed E-state index contributed by atoms with van der Waals surface area (Å²) in [7, 11) is 0. The van der Waals surface area contributed by atoms with Gasteiger partial charge in [0.05, 0.1) is 0 Å². The highest BCUT2D eigenvalue weighted by atomic mass is 19.1. The van der Waals surface area contributed by atoms with Crippen LogP contribution in [0.15, 0.2) is 36.4 Å². The number of fused-ring (bicyclic) bond motifs is 2. The Morgan fingerprint density at radius 3 is 2.22 bits per heavy atom. The van der Waals surface area contributed by atoms with Crippen LogP contribution < -0.4 is 4.90 Å². The average molecular weight is 428 g/mol. The van der Waals surface area contributed by atoms with Gasteiger partial charge in [-0.1, -0.05) is 25.1 Å². The van der Waals surface area contributed by atoms with Crippen LogP contribution in [0.25, 0.3) is 11.1 Å². The van der Waals surface area contributed by atoms with Crippen molar-refractivity contribution in [2.45, 2.75) is 72.8 Å². The number of benzene rings is 3. The van der Waals surface area contributed by atoms with Crippen LogP contribution >= 0.6 is 0 Å². The Bertz CT molecular complexity index is 1180. The predicted molar refractivity (Wildman–Crippen MR) is 133 cm³/mol. The first-order chi connectivity index (χ1) is 15.5. The summed E-state index contributed by atoms with van der Waals surface area (Å²) in [5.74, 6) is 0.00281. The van der Waals surface area contributed by atoms with Crippen LogP contribution in [0.2, 0.25) is 0 Å². The highest BCUT2D eigenvalue weighted by Gasteiger charge is 2.27. The lowest BCUT2D eigenvalue weighted by atomic mass is 9.78. The topological polar surface area (TPSA) is 3.24 Å². The minimum absolute atomic E-state index is 0.00281. The smallest absolute Gasteiger partial charge is 0.127 e. The SMILES string of the molecule is CCc1c(C)c2c(c(C)c1-c1cc(F)c3c(c1C)CCCC3)CN(c1ccccc1)CC2. The number of rotatable bonds is 3. The molecule has 0 atom stereocenters. The van der Waals surface area contributed by atoms with Crippen LogP contribution in [0.1, 0.15) is 64.3 Å². The van der Waals surface area contributed by atoms with E-state index in [1.165, 1.54) is 56.6 Å². The van der Waals surface area contributed by atoms with Crippen LogP contribution in [0.4, 0.5) is 10.1 Å². The summed E-state index contributed by atoms with van der Waals surface area (Å²) in [6.45, 7) is 11.0.